The SMILES string of the molecule is Cc1c(/C=C2\SC(=Nc3cccc([N+](=O)[O-])c3)NC2=O)c2ccccc2n1C. The molecule has 1 N–H and O–H groups in total. The zero-order chi connectivity index (χ0) is 19.8. The monoisotopic (exact) mass is 392 g/mol. The van der Waals surface area contributed by atoms with Gasteiger partial charge in [0.15, 0.2) is 5.17 Å². The van der Waals surface area contributed by atoms with Gasteiger partial charge in [-0.15, -0.1) is 0 Å². The molecule has 1 saturated heterocycles. The van der Waals surface area contributed by atoms with E-state index in [0.717, 1.165) is 22.2 Å². The lowest BCUT2D eigenvalue weighted by molar-refractivity contribution is -0.384. The summed E-state index contributed by atoms with van der Waals surface area (Å²) < 4.78 is 2.09. The molecule has 1 amide bonds. The van der Waals surface area contributed by atoms with E-state index in [2.05, 4.69) is 14.9 Å². The Hall–Kier alpha value is -3.39. The topological polar surface area (TPSA) is 89.5 Å². The summed E-state index contributed by atoms with van der Waals surface area (Å²) in [5.41, 5.74) is 3.53. The minimum atomic E-state index is -0.474. The van der Waals surface area contributed by atoms with Gasteiger partial charge in [0, 0.05) is 41.3 Å². The van der Waals surface area contributed by atoms with Gasteiger partial charge in [-0.3, -0.25) is 14.9 Å². The van der Waals surface area contributed by atoms with Crippen LogP contribution in [0.15, 0.2) is 58.4 Å². The number of benzene rings is 2. The van der Waals surface area contributed by atoms with Crippen molar-refractivity contribution in [1.29, 1.82) is 0 Å². The summed E-state index contributed by atoms with van der Waals surface area (Å²) in [6, 6.07) is 14.0. The van der Waals surface area contributed by atoms with Crippen LogP contribution in [-0.4, -0.2) is 20.6 Å². The Morgan fingerprint density at radius 1 is 1.21 bits per heavy atom. The van der Waals surface area contributed by atoms with Crippen LogP contribution in [-0.2, 0) is 11.8 Å². The average Bonchev–Trinajstić information content (AvgIpc) is 3.14. The van der Waals surface area contributed by atoms with Crippen LogP contribution >= 0.6 is 11.8 Å². The number of fused-ring (bicyclic) bond motifs is 1. The molecule has 8 heteroatoms. The number of para-hydroxylation sites is 1. The number of thioether (sulfide) groups is 1. The number of aromatic nitrogens is 1. The smallest absolute Gasteiger partial charge is 0.271 e. The molecular weight excluding hydrogens is 376 g/mol. The molecule has 2 heterocycles. The largest absolute Gasteiger partial charge is 0.347 e. The van der Waals surface area contributed by atoms with Gasteiger partial charge in [0.2, 0.25) is 0 Å². The maximum atomic E-state index is 12.4. The molecule has 7 nitrogen and oxygen atoms in total. The van der Waals surface area contributed by atoms with Gasteiger partial charge in [-0.05, 0) is 36.9 Å². The molecule has 0 unspecified atom stereocenters. The first-order chi connectivity index (χ1) is 13.4. The van der Waals surface area contributed by atoms with E-state index in [1.165, 1.54) is 23.9 Å². The summed E-state index contributed by atoms with van der Waals surface area (Å²) in [6.45, 7) is 2.02. The van der Waals surface area contributed by atoms with Crippen LogP contribution in [0.5, 0.6) is 0 Å². The third kappa shape index (κ3) is 3.18. The van der Waals surface area contributed by atoms with Crippen molar-refractivity contribution in [3.05, 3.63) is 74.8 Å². The number of hydrogen-bond donors (Lipinski definition) is 1. The summed E-state index contributed by atoms with van der Waals surface area (Å²) in [6.07, 6.45) is 1.87. The van der Waals surface area contributed by atoms with Gasteiger partial charge >= 0.3 is 0 Å². The Labute approximate surface area is 164 Å². The van der Waals surface area contributed by atoms with Gasteiger partial charge in [-0.2, -0.15) is 0 Å². The number of amides is 1. The van der Waals surface area contributed by atoms with E-state index in [1.807, 2.05) is 44.3 Å². The van der Waals surface area contributed by atoms with E-state index in [4.69, 9.17) is 0 Å². The van der Waals surface area contributed by atoms with Crippen molar-refractivity contribution in [3.63, 3.8) is 0 Å². The molecule has 0 radical (unpaired) electrons. The van der Waals surface area contributed by atoms with Gasteiger partial charge in [-0.1, -0.05) is 24.3 Å². The first kappa shape index (κ1) is 18.0. The molecule has 4 rings (SSSR count). The highest BCUT2D eigenvalue weighted by Gasteiger charge is 2.25. The Morgan fingerprint density at radius 2 is 2.00 bits per heavy atom. The summed E-state index contributed by atoms with van der Waals surface area (Å²) in [7, 11) is 2.00. The molecule has 0 atom stereocenters. The van der Waals surface area contributed by atoms with Crippen molar-refractivity contribution in [1.82, 2.24) is 9.88 Å². The fourth-order valence-electron chi connectivity index (χ4n) is 3.14. The quantitative estimate of drug-likeness (QED) is 0.409. The number of rotatable bonds is 3. The lowest BCUT2D eigenvalue weighted by Gasteiger charge is -1.98. The van der Waals surface area contributed by atoms with Crippen LogP contribution in [0.3, 0.4) is 0 Å². The van der Waals surface area contributed by atoms with E-state index < -0.39 is 4.92 Å². The van der Waals surface area contributed by atoms with Crippen molar-refractivity contribution in [3.8, 4) is 0 Å². The van der Waals surface area contributed by atoms with Crippen molar-refractivity contribution in [2.45, 2.75) is 6.92 Å². The number of non-ortho nitro benzene ring substituents is 1. The van der Waals surface area contributed by atoms with Gasteiger partial charge in [0.1, 0.15) is 0 Å². The number of hydrogen-bond acceptors (Lipinski definition) is 5. The third-order valence-electron chi connectivity index (χ3n) is 4.65. The van der Waals surface area contributed by atoms with Crippen molar-refractivity contribution >= 4 is 51.2 Å². The molecular formula is C20H16N4O3S. The van der Waals surface area contributed by atoms with Crippen molar-refractivity contribution < 1.29 is 9.72 Å². The van der Waals surface area contributed by atoms with E-state index in [0.29, 0.717) is 15.8 Å². The van der Waals surface area contributed by atoms with E-state index in [-0.39, 0.29) is 11.6 Å². The highest BCUT2D eigenvalue weighted by Crippen LogP contribution is 2.33. The Balaban J connectivity index is 1.69. The van der Waals surface area contributed by atoms with Crippen LogP contribution in [0.25, 0.3) is 17.0 Å². The maximum absolute atomic E-state index is 12.4. The number of aliphatic imine (C=N–C) groups is 1. The molecule has 0 saturated carbocycles. The van der Waals surface area contributed by atoms with Crippen LogP contribution < -0.4 is 5.32 Å². The highest BCUT2D eigenvalue weighted by atomic mass is 32.2. The van der Waals surface area contributed by atoms with Crippen LogP contribution in [0.4, 0.5) is 11.4 Å². The van der Waals surface area contributed by atoms with Crippen LogP contribution in [0.2, 0.25) is 0 Å². The Morgan fingerprint density at radius 3 is 2.79 bits per heavy atom. The van der Waals surface area contributed by atoms with E-state index in [9.17, 15) is 14.9 Å². The number of amidine groups is 1. The number of nitrogens with one attached hydrogen (secondary N) is 1. The number of nitro groups is 1. The number of nitrogens with zero attached hydrogens (tertiary/aromatic N) is 3. The van der Waals surface area contributed by atoms with Crippen LogP contribution in [0, 0.1) is 17.0 Å². The standard InChI is InChI=1S/C20H16N4O3S/c1-12-16(15-8-3-4-9-17(15)23(12)2)11-18-19(25)22-20(28-18)21-13-6-5-7-14(10-13)24(26)27/h3-11H,1-2H3,(H,21,22,25)/b18-11-. The molecule has 1 aliphatic rings. The number of carbonyl (C=O) groups is 1. The highest BCUT2D eigenvalue weighted by molar-refractivity contribution is 8.18. The second kappa shape index (κ2) is 6.97. The maximum Gasteiger partial charge on any atom is 0.271 e. The average molecular weight is 392 g/mol. The molecule has 28 heavy (non-hydrogen) atoms. The van der Waals surface area contributed by atoms with E-state index in [1.54, 1.807) is 12.1 Å². The van der Waals surface area contributed by atoms with Crippen LogP contribution in [0.1, 0.15) is 11.3 Å². The predicted octanol–water partition coefficient (Wildman–Crippen LogP) is 4.29. The van der Waals surface area contributed by atoms with Gasteiger partial charge in [-0.25, -0.2) is 4.99 Å². The summed E-state index contributed by atoms with van der Waals surface area (Å²) >= 11 is 1.22. The number of carbonyl (C=O) groups excluding carboxylic acids is 1. The molecule has 140 valence electrons. The van der Waals surface area contributed by atoms with Gasteiger partial charge in [0.05, 0.1) is 15.5 Å². The van der Waals surface area contributed by atoms with Crippen molar-refractivity contribution in [2.24, 2.45) is 12.0 Å². The minimum Gasteiger partial charge on any atom is -0.347 e. The summed E-state index contributed by atoms with van der Waals surface area (Å²) in [4.78, 5) is 27.7. The van der Waals surface area contributed by atoms with Gasteiger partial charge < -0.3 is 9.88 Å². The molecule has 0 aliphatic carbocycles. The van der Waals surface area contributed by atoms with Gasteiger partial charge in [0.25, 0.3) is 11.6 Å². The lowest BCUT2D eigenvalue weighted by Crippen LogP contribution is -2.19. The fraction of sp³-hybridized carbons (Fsp3) is 0.100. The molecule has 0 bridgehead atoms. The molecule has 1 aliphatic heterocycles. The molecule has 1 fully saturated rings. The summed E-state index contributed by atoms with van der Waals surface area (Å²) in [5.74, 6) is -0.235. The second-order valence-corrected chi connectivity index (χ2v) is 7.36. The second-order valence-electron chi connectivity index (χ2n) is 6.33. The normalized spacial score (nSPS) is 16.9. The zero-order valence-electron chi connectivity index (χ0n) is 15.2. The zero-order valence-corrected chi connectivity index (χ0v) is 16.0. The molecule has 2 aromatic carbocycles. The molecule has 0 spiro atoms. The van der Waals surface area contributed by atoms with Crippen molar-refractivity contribution in [2.75, 3.05) is 0 Å². The number of aryl methyl sites for hydroxylation is 1. The first-order valence-corrected chi connectivity index (χ1v) is 9.34. The van der Waals surface area contributed by atoms with E-state index >= 15 is 0 Å². The predicted molar refractivity (Wildman–Crippen MR) is 112 cm³/mol. The Bertz CT molecular complexity index is 1190. The minimum absolute atomic E-state index is 0.0432. The molecule has 3 aromatic rings. The number of nitro benzene ring substituents is 1. The lowest BCUT2D eigenvalue weighted by atomic mass is 10.1. The fourth-order valence-corrected chi connectivity index (χ4v) is 3.96. The molecule has 1 aromatic heterocycles. The summed E-state index contributed by atoms with van der Waals surface area (Å²) in [5, 5.41) is 15.1. The Kier molecular flexibility index (Phi) is 4.48. The first-order valence-electron chi connectivity index (χ1n) is 8.52. The third-order valence-corrected chi connectivity index (χ3v) is 5.56.